The molecule has 1 aromatic carbocycles. The molecule has 0 amide bonds. The number of sulfonamides is 1. The Morgan fingerprint density at radius 3 is 2.56 bits per heavy atom. The van der Waals surface area contributed by atoms with Gasteiger partial charge in [-0.15, -0.1) is 0 Å². The van der Waals surface area contributed by atoms with Gasteiger partial charge in [-0.3, -0.25) is 10.1 Å². The van der Waals surface area contributed by atoms with Gasteiger partial charge in [0, 0.05) is 25.2 Å². The average Bonchev–Trinajstić information content (AvgIpc) is 3.09. The van der Waals surface area contributed by atoms with Crippen molar-refractivity contribution in [3.05, 3.63) is 28.3 Å². The molecule has 1 fully saturated rings. The highest BCUT2D eigenvalue weighted by Crippen LogP contribution is 2.31. The normalized spacial score (nSPS) is 16.5. The van der Waals surface area contributed by atoms with E-state index in [9.17, 15) is 28.4 Å². The van der Waals surface area contributed by atoms with Crippen molar-refractivity contribution in [1.82, 2.24) is 4.31 Å². The summed E-state index contributed by atoms with van der Waals surface area (Å²) in [4.78, 5) is 21.5. The van der Waals surface area contributed by atoms with Gasteiger partial charge in [-0.25, -0.2) is 13.2 Å². The van der Waals surface area contributed by atoms with Gasteiger partial charge in [-0.1, -0.05) is 13.3 Å². The van der Waals surface area contributed by atoms with E-state index in [0.717, 1.165) is 25.0 Å². The molecule has 0 aliphatic carbocycles. The lowest BCUT2D eigenvalue weighted by atomic mass is 10.1. The van der Waals surface area contributed by atoms with E-state index in [1.54, 1.807) is 0 Å². The minimum Gasteiger partial charge on any atom is -0.480 e. The number of carboxylic acids is 1. The molecule has 2 N–H and O–H groups in total. The zero-order valence-corrected chi connectivity index (χ0v) is 14.7. The van der Waals surface area contributed by atoms with Gasteiger partial charge in [-0.05, 0) is 25.3 Å². The molecule has 0 radical (unpaired) electrons. The SMILES string of the molecule is CCCC(Nc1ccc([N+](=O)[O-])cc1S(=O)(=O)N1CCCC1)C(=O)O. The summed E-state index contributed by atoms with van der Waals surface area (Å²) in [7, 11) is -3.94. The number of carbonyl (C=O) groups is 1. The fourth-order valence-electron chi connectivity index (χ4n) is 2.76. The highest BCUT2D eigenvalue weighted by Gasteiger charge is 2.32. The van der Waals surface area contributed by atoms with Crippen LogP contribution in [0, 0.1) is 10.1 Å². The Labute approximate surface area is 145 Å². The quantitative estimate of drug-likeness (QED) is 0.528. The molecule has 138 valence electrons. The largest absolute Gasteiger partial charge is 0.480 e. The van der Waals surface area contributed by atoms with E-state index < -0.39 is 27.0 Å². The second kappa shape index (κ2) is 7.79. The minimum absolute atomic E-state index is 0.0679. The lowest BCUT2D eigenvalue weighted by molar-refractivity contribution is -0.385. The van der Waals surface area contributed by atoms with Crippen molar-refractivity contribution in [2.75, 3.05) is 18.4 Å². The summed E-state index contributed by atoms with van der Waals surface area (Å²) in [5.41, 5.74) is -0.288. The number of nitrogens with one attached hydrogen (secondary N) is 1. The number of non-ortho nitro benzene ring substituents is 1. The van der Waals surface area contributed by atoms with Crippen LogP contribution in [0.15, 0.2) is 23.1 Å². The van der Waals surface area contributed by atoms with E-state index in [0.29, 0.717) is 25.9 Å². The highest BCUT2D eigenvalue weighted by molar-refractivity contribution is 7.89. The first-order valence-electron chi connectivity index (χ1n) is 8.05. The number of benzene rings is 1. The van der Waals surface area contributed by atoms with Gasteiger partial charge in [0.2, 0.25) is 10.0 Å². The smallest absolute Gasteiger partial charge is 0.326 e. The third-order valence-electron chi connectivity index (χ3n) is 4.06. The standard InChI is InChI=1S/C15H21N3O6S/c1-2-5-13(15(19)20)16-12-7-6-11(18(21)22)10-14(12)25(23,24)17-8-3-4-9-17/h6-7,10,13,16H,2-5,8-9H2,1H3,(H,19,20). The van der Waals surface area contributed by atoms with Crippen molar-refractivity contribution in [2.45, 2.75) is 43.5 Å². The molecule has 0 aromatic heterocycles. The predicted octanol–water partition coefficient (Wildman–Crippen LogP) is 2.04. The van der Waals surface area contributed by atoms with Gasteiger partial charge in [0.25, 0.3) is 5.69 Å². The van der Waals surface area contributed by atoms with Crippen LogP contribution in [0.1, 0.15) is 32.6 Å². The summed E-state index contributed by atoms with van der Waals surface area (Å²) in [6.07, 6.45) is 2.34. The van der Waals surface area contributed by atoms with Crippen LogP contribution < -0.4 is 5.32 Å². The molecule has 1 unspecified atom stereocenters. The maximum Gasteiger partial charge on any atom is 0.326 e. The molecule has 10 heteroatoms. The van der Waals surface area contributed by atoms with E-state index in [1.807, 2.05) is 6.92 Å². The molecule has 1 heterocycles. The molecule has 0 saturated carbocycles. The maximum absolute atomic E-state index is 12.9. The number of nitro groups is 1. The number of nitro benzene ring substituents is 1. The fourth-order valence-corrected chi connectivity index (χ4v) is 4.45. The summed E-state index contributed by atoms with van der Waals surface area (Å²) in [6, 6.07) is 2.43. The second-order valence-electron chi connectivity index (χ2n) is 5.87. The van der Waals surface area contributed by atoms with E-state index in [-0.39, 0.29) is 16.3 Å². The van der Waals surface area contributed by atoms with Crippen LogP contribution in [-0.2, 0) is 14.8 Å². The molecule has 0 bridgehead atoms. The Morgan fingerprint density at radius 1 is 1.40 bits per heavy atom. The molecule has 9 nitrogen and oxygen atoms in total. The van der Waals surface area contributed by atoms with Crippen molar-refractivity contribution in [1.29, 1.82) is 0 Å². The van der Waals surface area contributed by atoms with Crippen molar-refractivity contribution >= 4 is 27.4 Å². The number of aliphatic carboxylic acids is 1. The summed E-state index contributed by atoms with van der Waals surface area (Å²) < 4.78 is 27.0. The number of rotatable bonds is 8. The zero-order chi connectivity index (χ0) is 18.6. The van der Waals surface area contributed by atoms with Crippen LogP contribution in [0.3, 0.4) is 0 Å². The molecule has 1 aliphatic heterocycles. The minimum atomic E-state index is -3.94. The van der Waals surface area contributed by atoms with Crippen molar-refractivity contribution in [3.63, 3.8) is 0 Å². The third kappa shape index (κ3) is 4.26. The van der Waals surface area contributed by atoms with Gasteiger partial charge in [0.15, 0.2) is 0 Å². The topological polar surface area (TPSA) is 130 Å². The zero-order valence-electron chi connectivity index (χ0n) is 13.8. The maximum atomic E-state index is 12.9. The molecule has 0 spiro atoms. The summed E-state index contributed by atoms with van der Waals surface area (Å²) in [5, 5.41) is 23.0. The van der Waals surface area contributed by atoms with Crippen molar-refractivity contribution in [2.24, 2.45) is 0 Å². The van der Waals surface area contributed by atoms with Crippen LogP contribution in [-0.4, -0.2) is 47.9 Å². The van der Waals surface area contributed by atoms with E-state index in [4.69, 9.17) is 0 Å². The second-order valence-corrected chi connectivity index (χ2v) is 7.78. The van der Waals surface area contributed by atoms with Crippen LogP contribution >= 0.6 is 0 Å². The van der Waals surface area contributed by atoms with Gasteiger partial charge in [-0.2, -0.15) is 4.31 Å². The van der Waals surface area contributed by atoms with Crippen molar-refractivity contribution < 1.29 is 23.2 Å². The molecule has 1 aliphatic rings. The Balaban J connectivity index is 2.48. The van der Waals surface area contributed by atoms with Gasteiger partial charge >= 0.3 is 5.97 Å². The third-order valence-corrected chi connectivity index (χ3v) is 6.00. The fraction of sp³-hybridized carbons (Fsp3) is 0.533. The number of hydrogen-bond donors (Lipinski definition) is 2. The number of nitrogens with zero attached hydrogens (tertiary/aromatic N) is 2. The molecule has 1 atom stereocenters. The Bertz CT molecular complexity index is 759. The molecule has 1 aromatic rings. The monoisotopic (exact) mass is 371 g/mol. The van der Waals surface area contributed by atoms with Gasteiger partial charge < -0.3 is 10.4 Å². The first-order valence-corrected chi connectivity index (χ1v) is 9.49. The van der Waals surface area contributed by atoms with Crippen LogP contribution in [0.4, 0.5) is 11.4 Å². The number of anilines is 1. The number of hydrogen-bond acceptors (Lipinski definition) is 6. The van der Waals surface area contributed by atoms with E-state index >= 15 is 0 Å². The Kier molecular flexibility index (Phi) is 5.96. The molecular weight excluding hydrogens is 350 g/mol. The predicted molar refractivity (Wildman–Crippen MR) is 91.0 cm³/mol. The van der Waals surface area contributed by atoms with Crippen LogP contribution in [0.25, 0.3) is 0 Å². The molecule has 2 rings (SSSR count). The lowest BCUT2D eigenvalue weighted by Crippen LogP contribution is -2.32. The summed E-state index contributed by atoms with van der Waals surface area (Å²) >= 11 is 0. The van der Waals surface area contributed by atoms with Gasteiger partial charge in [0.05, 0.1) is 10.6 Å². The number of carboxylic acid groups (broad SMARTS) is 1. The lowest BCUT2D eigenvalue weighted by Gasteiger charge is -2.21. The Hall–Kier alpha value is -2.20. The van der Waals surface area contributed by atoms with Crippen LogP contribution in [0.2, 0.25) is 0 Å². The Morgan fingerprint density at radius 2 is 2.04 bits per heavy atom. The molecule has 1 saturated heterocycles. The van der Waals surface area contributed by atoms with Gasteiger partial charge in [0.1, 0.15) is 10.9 Å². The molecular formula is C15H21N3O6S. The van der Waals surface area contributed by atoms with E-state index in [1.165, 1.54) is 10.4 Å². The summed E-state index contributed by atoms with van der Waals surface area (Å²) in [6.45, 7) is 2.51. The molecule has 25 heavy (non-hydrogen) atoms. The van der Waals surface area contributed by atoms with Crippen molar-refractivity contribution in [3.8, 4) is 0 Å². The highest BCUT2D eigenvalue weighted by atomic mass is 32.2. The van der Waals surface area contributed by atoms with Crippen LogP contribution in [0.5, 0.6) is 0 Å². The average molecular weight is 371 g/mol. The van der Waals surface area contributed by atoms with E-state index in [2.05, 4.69) is 5.32 Å². The first kappa shape index (κ1) is 19.1. The first-order chi connectivity index (χ1) is 11.8. The summed E-state index contributed by atoms with van der Waals surface area (Å²) in [5.74, 6) is -1.11.